The highest BCUT2D eigenvalue weighted by molar-refractivity contribution is 8.38. The molecule has 0 unspecified atom stereocenters. The highest BCUT2D eigenvalue weighted by Gasteiger charge is 2.14. The Kier molecular flexibility index (Phi) is 5.26. The van der Waals surface area contributed by atoms with Crippen molar-refractivity contribution in [2.75, 3.05) is 11.1 Å². The molecule has 1 aliphatic heterocycles. The van der Waals surface area contributed by atoms with Crippen LogP contribution in [0.5, 0.6) is 0 Å². The summed E-state index contributed by atoms with van der Waals surface area (Å²) < 4.78 is 1.01. The number of para-hydroxylation sites is 2. The lowest BCUT2D eigenvalue weighted by atomic mass is 10.2. The average molecular weight is 395 g/mol. The van der Waals surface area contributed by atoms with Crippen molar-refractivity contribution in [1.29, 1.82) is 0 Å². The number of thioether (sulfide) groups is 2. The smallest absolute Gasteiger partial charge is 0.232 e. The summed E-state index contributed by atoms with van der Waals surface area (Å²) in [5, 5.41) is 3.22. The third kappa shape index (κ3) is 4.40. The predicted molar refractivity (Wildman–Crippen MR) is 115 cm³/mol. The maximum Gasteiger partial charge on any atom is 0.232 e. The van der Waals surface area contributed by atoms with Crippen LogP contribution in [0.3, 0.4) is 0 Å². The highest BCUT2D eigenvalue weighted by atomic mass is 32.2. The van der Waals surface area contributed by atoms with E-state index in [1.165, 1.54) is 5.56 Å². The number of fused-ring (bicyclic) bond motifs is 1. The first kappa shape index (κ1) is 17.8. The molecular weight excluding hydrogens is 376 g/mol. The van der Waals surface area contributed by atoms with Gasteiger partial charge < -0.3 is 11.1 Å². The molecule has 0 fully saturated rings. The lowest BCUT2D eigenvalue weighted by Gasteiger charge is -2.14. The molecule has 2 heterocycles. The number of benzene rings is 2. The van der Waals surface area contributed by atoms with Crippen LogP contribution in [0, 0.1) is 6.92 Å². The van der Waals surface area contributed by atoms with E-state index in [2.05, 4.69) is 26.3 Å². The molecule has 0 saturated carbocycles. The summed E-state index contributed by atoms with van der Waals surface area (Å²) in [6.45, 7) is 2.03. The topological polar surface area (TPSA) is 89.1 Å². The fraction of sp³-hybridized carbons (Fsp3) is 0.158. The van der Waals surface area contributed by atoms with Crippen molar-refractivity contribution in [3.63, 3.8) is 0 Å². The van der Waals surface area contributed by atoms with Gasteiger partial charge in [-0.15, -0.1) is 0 Å². The zero-order chi connectivity index (χ0) is 18.6. The highest BCUT2D eigenvalue weighted by Crippen LogP contribution is 2.35. The van der Waals surface area contributed by atoms with Gasteiger partial charge >= 0.3 is 0 Å². The van der Waals surface area contributed by atoms with Crippen LogP contribution in [0.4, 0.5) is 23.3 Å². The molecule has 0 spiro atoms. The van der Waals surface area contributed by atoms with Crippen molar-refractivity contribution in [2.45, 2.75) is 18.4 Å². The molecule has 0 atom stereocenters. The summed E-state index contributed by atoms with van der Waals surface area (Å²) in [6, 6.07) is 16.2. The first-order chi connectivity index (χ1) is 13.2. The fourth-order valence-electron chi connectivity index (χ4n) is 2.60. The van der Waals surface area contributed by atoms with Crippen LogP contribution in [0.2, 0.25) is 0 Å². The van der Waals surface area contributed by atoms with Crippen LogP contribution < -0.4 is 11.1 Å². The Hall–Kier alpha value is -2.58. The normalized spacial score (nSPS) is 13.0. The van der Waals surface area contributed by atoms with Gasteiger partial charge in [-0.05, 0) is 30.2 Å². The standard InChI is InChI=1S/C19H18N6S2/c1-12-6-2-4-8-14(12)21-18-24-16(23-17(20)25-18)11-27-19-22-15-9-5-3-7-13(15)10-26-19/h2-9H,10-11H2,1H3,(H3,20,21,23,24,25). The minimum Gasteiger partial charge on any atom is -0.368 e. The molecule has 4 rings (SSSR count). The molecule has 1 aliphatic rings. The number of anilines is 3. The minimum atomic E-state index is 0.209. The number of aromatic nitrogens is 3. The molecular formula is C19H18N6S2. The Morgan fingerprint density at radius 2 is 1.89 bits per heavy atom. The van der Waals surface area contributed by atoms with Crippen LogP contribution >= 0.6 is 23.5 Å². The van der Waals surface area contributed by atoms with Crippen LogP contribution in [-0.4, -0.2) is 19.3 Å². The van der Waals surface area contributed by atoms with Crippen molar-refractivity contribution >= 4 is 51.2 Å². The Morgan fingerprint density at radius 1 is 1.07 bits per heavy atom. The second-order valence-corrected chi connectivity index (χ2v) is 8.14. The van der Waals surface area contributed by atoms with E-state index in [9.17, 15) is 0 Å². The number of aliphatic imine (C=N–C) groups is 1. The molecule has 0 radical (unpaired) electrons. The number of aryl methyl sites for hydroxylation is 1. The number of hydrogen-bond donors (Lipinski definition) is 2. The van der Waals surface area contributed by atoms with Gasteiger partial charge in [-0.3, -0.25) is 0 Å². The second-order valence-electron chi connectivity index (χ2n) is 5.96. The summed E-state index contributed by atoms with van der Waals surface area (Å²) in [5.74, 6) is 2.81. The SMILES string of the molecule is Cc1ccccc1Nc1nc(N)nc(CSC2=Nc3ccccc3CS2)n1. The number of nitrogens with zero attached hydrogens (tertiary/aromatic N) is 4. The Bertz CT molecular complexity index is 1000. The van der Waals surface area contributed by atoms with Gasteiger partial charge in [0.2, 0.25) is 11.9 Å². The molecule has 0 saturated heterocycles. The van der Waals surface area contributed by atoms with Crippen molar-refractivity contribution in [3.05, 3.63) is 65.5 Å². The van der Waals surface area contributed by atoms with Crippen molar-refractivity contribution in [1.82, 2.24) is 15.0 Å². The van der Waals surface area contributed by atoms with E-state index in [1.54, 1.807) is 23.5 Å². The fourth-order valence-corrected chi connectivity index (χ4v) is 4.52. The Labute approximate surface area is 166 Å². The maximum absolute atomic E-state index is 5.88. The molecule has 3 aromatic rings. The van der Waals surface area contributed by atoms with Gasteiger partial charge in [0, 0.05) is 11.4 Å². The quantitative estimate of drug-likeness (QED) is 0.664. The van der Waals surface area contributed by atoms with Gasteiger partial charge in [0.1, 0.15) is 10.2 Å². The Morgan fingerprint density at radius 3 is 2.78 bits per heavy atom. The lowest BCUT2D eigenvalue weighted by molar-refractivity contribution is 0.983. The van der Waals surface area contributed by atoms with Crippen LogP contribution in [0.25, 0.3) is 0 Å². The van der Waals surface area contributed by atoms with Crippen LogP contribution in [0.15, 0.2) is 53.5 Å². The first-order valence-electron chi connectivity index (χ1n) is 8.42. The molecule has 0 aliphatic carbocycles. The van der Waals surface area contributed by atoms with Crippen molar-refractivity contribution in [3.8, 4) is 0 Å². The lowest BCUT2D eigenvalue weighted by Crippen LogP contribution is -2.07. The van der Waals surface area contributed by atoms with E-state index in [4.69, 9.17) is 10.7 Å². The van der Waals surface area contributed by atoms with Crippen LogP contribution in [0.1, 0.15) is 17.0 Å². The molecule has 3 N–H and O–H groups in total. The van der Waals surface area contributed by atoms with Crippen LogP contribution in [-0.2, 0) is 11.5 Å². The van der Waals surface area contributed by atoms with Gasteiger partial charge in [0.25, 0.3) is 0 Å². The molecule has 6 nitrogen and oxygen atoms in total. The molecule has 0 bridgehead atoms. The van der Waals surface area contributed by atoms with Gasteiger partial charge in [-0.1, -0.05) is 59.9 Å². The summed E-state index contributed by atoms with van der Waals surface area (Å²) >= 11 is 3.35. The molecule has 2 aromatic carbocycles. The van der Waals surface area contributed by atoms with Crippen molar-refractivity contribution < 1.29 is 0 Å². The van der Waals surface area contributed by atoms with E-state index in [1.807, 2.05) is 49.4 Å². The number of nitrogens with one attached hydrogen (secondary N) is 1. The van der Waals surface area contributed by atoms with E-state index < -0.39 is 0 Å². The third-order valence-corrected chi connectivity index (χ3v) is 6.21. The molecule has 27 heavy (non-hydrogen) atoms. The van der Waals surface area contributed by atoms with E-state index in [-0.39, 0.29) is 5.95 Å². The van der Waals surface area contributed by atoms with Gasteiger partial charge in [-0.2, -0.15) is 15.0 Å². The van der Waals surface area contributed by atoms with Gasteiger partial charge in [-0.25, -0.2) is 4.99 Å². The predicted octanol–water partition coefficient (Wildman–Crippen LogP) is 4.67. The van der Waals surface area contributed by atoms with Gasteiger partial charge in [0.15, 0.2) is 0 Å². The molecule has 136 valence electrons. The molecule has 1 aromatic heterocycles. The maximum atomic E-state index is 5.88. The zero-order valence-corrected chi connectivity index (χ0v) is 16.3. The first-order valence-corrected chi connectivity index (χ1v) is 10.4. The second kappa shape index (κ2) is 7.98. The van der Waals surface area contributed by atoms with E-state index >= 15 is 0 Å². The van der Waals surface area contributed by atoms with E-state index in [0.29, 0.717) is 17.5 Å². The largest absolute Gasteiger partial charge is 0.368 e. The number of nitrogens with two attached hydrogens (primary N) is 1. The van der Waals surface area contributed by atoms with Crippen molar-refractivity contribution in [2.24, 2.45) is 4.99 Å². The summed E-state index contributed by atoms with van der Waals surface area (Å²) in [5.41, 5.74) is 10.2. The average Bonchev–Trinajstić information content (AvgIpc) is 2.68. The van der Waals surface area contributed by atoms with Gasteiger partial charge in [0.05, 0.1) is 11.4 Å². The molecule has 0 amide bonds. The molecule has 8 heteroatoms. The Balaban J connectivity index is 1.48. The number of rotatable bonds is 4. The monoisotopic (exact) mass is 394 g/mol. The number of nitrogen functional groups attached to an aromatic ring is 1. The summed E-state index contributed by atoms with van der Waals surface area (Å²) in [6.07, 6.45) is 0. The van der Waals surface area contributed by atoms with E-state index in [0.717, 1.165) is 27.1 Å². The minimum absolute atomic E-state index is 0.209. The summed E-state index contributed by atoms with van der Waals surface area (Å²) in [7, 11) is 0. The number of hydrogen-bond acceptors (Lipinski definition) is 8. The summed E-state index contributed by atoms with van der Waals surface area (Å²) in [4.78, 5) is 17.7. The zero-order valence-electron chi connectivity index (χ0n) is 14.7. The third-order valence-electron chi connectivity index (χ3n) is 3.97.